The fraction of sp³-hybridized carbons (Fsp3) is 0.167. The van der Waals surface area contributed by atoms with Crippen LogP contribution in [0, 0.1) is 17.5 Å². The van der Waals surface area contributed by atoms with Crippen molar-refractivity contribution in [2.45, 2.75) is 13.5 Å². The number of aromatic nitrogens is 3. The number of H-pyrrole nitrogens is 1. The van der Waals surface area contributed by atoms with E-state index in [4.69, 9.17) is 23.8 Å². The fourth-order valence-electron chi connectivity index (χ4n) is 1.92. The smallest absolute Gasteiger partial charge is 0.178 e. The van der Waals surface area contributed by atoms with Crippen molar-refractivity contribution >= 4 is 46.2 Å². The fourth-order valence-corrected chi connectivity index (χ4v) is 3.13. The Balaban J connectivity index is 2.15. The summed E-state index contributed by atoms with van der Waals surface area (Å²) in [6.45, 7) is 2.56. The first-order chi connectivity index (χ1) is 9.04. The van der Waals surface area contributed by atoms with Crippen molar-refractivity contribution < 1.29 is 4.39 Å². The largest absolute Gasteiger partial charge is 0.330 e. The van der Waals surface area contributed by atoms with Crippen molar-refractivity contribution in [2.24, 2.45) is 0 Å². The number of aryl methyl sites for hydroxylation is 1. The third kappa shape index (κ3) is 2.31. The van der Waals surface area contributed by atoms with Crippen LogP contribution in [0.4, 0.5) is 4.39 Å². The second-order valence-corrected chi connectivity index (χ2v) is 6.28. The van der Waals surface area contributed by atoms with E-state index in [1.54, 1.807) is 17.4 Å². The molecule has 0 saturated carbocycles. The predicted octanol–water partition coefficient (Wildman–Crippen LogP) is 4.30. The van der Waals surface area contributed by atoms with Gasteiger partial charge < -0.3 is 9.55 Å². The Morgan fingerprint density at radius 1 is 1.53 bits per heavy atom. The lowest BCUT2D eigenvalue weighted by molar-refractivity contribution is 0.629. The van der Waals surface area contributed by atoms with Crippen LogP contribution >= 0.6 is 35.2 Å². The van der Waals surface area contributed by atoms with Gasteiger partial charge in [0.15, 0.2) is 4.77 Å². The number of hydrogen-bond donors (Lipinski definition) is 1. The molecule has 2 aromatic heterocycles. The lowest BCUT2D eigenvalue weighted by atomic mass is 10.3. The van der Waals surface area contributed by atoms with E-state index >= 15 is 0 Å². The van der Waals surface area contributed by atoms with Crippen molar-refractivity contribution in [3.63, 3.8) is 0 Å². The Kier molecular flexibility index (Phi) is 3.16. The van der Waals surface area contributed by atoms with Crippen LogP contribution in [-0.4, -0.2) is 14.5 Å². The number of fused-ring (bicyclic) bond motifs is 1. The van der Waals surface area contributed by atoms with Gasteiger partial charge in [0.2, 0.25) is 0 Å². The SMILES string of the molecule is Cc1cnc(Cn2c(=S)[nH]c3cc(F)c(Cl)cc32)s1. The molecule has 0 fully saturated rings. The molecule has 0 spiro atoms. The zero-order chi connectivity index (χ0) is 13.6. The van der Waals surface area contributed by atoms with E-state index in [9.17, 15) is 4.39 Å². The van der Waals surface area contributed by atoms with Crippen LogP contribution in [0.2, 0.25) is 5.02 Å². The molecule has 1 aromatic carbocycles. The zero-order valence-corrected chi connectivity index (χ0v) is 12.3. The topological polar surface area (TPSA) is 33.6 Å². The van der Waals surface area contributed by atoms with Gasteiger partial charge in [0.25, 0.3) is 0 Å². The molecule has 3 rings (SSSR count). The van der Waals surface area contributed by atoms with Crippen molar-refractivity contribution in [2.75, 3.05) is 0 Å². The number of benzene rings is 1. The second kappa shape index (κ2) is 4.70. The van der Waals surface area contributed by atoms with Gasteiger partial charge in [-0.3, -0.25) is 0 Å². The maximum absolute atomic E-state index is 13.4. The zero-order valence-electron chi connectivity index (χ0n) is 9.91. The molecular weight excluding hydrogens is 305 g/mol. The average molecular weight is 314 g/mol. The van der Waals surface area contributed by atoms with E-state index in [-0.39, 0.29) is 5.02 Å². The molecule has 7 heteroatoms. The molecular formula is C12H9ClFN3S2. The highest BCUT2D eigenvalue weighted by molar-refractivity contribution is 7.71. The molecule has 0 amide bonds. The monoisotopic (exact) mass is 313 g/mol. The predicted molar refractivity (Wildman–Crippen MR) is 78.0 cm³/mol. The molecule has 19 heavy (non-hydrogen) atoms. The highest BCUT2D eigenvalue weighted by atomic mass is 35.5. The van der Waals surface area contributed by atoms with Crippen molar-refractivity contribution in [3.05, 3.63) is 43.8 Å². The van der Waals surface area contributed by atoms with Crippen LogP contribution in [0.3, 0.4) is 0 Å². The molecule has 0 aliphatic carbocycles. The first-order valence-corrected chi connectivity index (χ1v) is 7.14. The molecule has 3 nitrogen and oxygen atoms in total. The van der Waals surface area contributed by atoms with Crippen LogP contribution in [0.25, 0.3) is 11.0 Å². The molecule has 98 valence electrons. The Labute approximate surface area is 122 Å². The first kappa shape index (κ1) is 12.8. The van der Waals surface area contributed by atoms with Crippen LogP contribution in [0.15, 0.2) is 18.3 Å². The van der Waals surface area contributed by atoms with Gasteiger partial charge in [-0.05, 0) is 25.2 Å². The summed E-state index contributed by atoms with van der Waals surface area (Å²) in [6, 6.07) is 2.94. The summed E-state index contributed by atoms with van der Waals surface area (Å²) in [5.41, 5.74) is 1.42. The first-order valence-electron chi connectivity index (χ1n) is 5.53. The van der Waals surface area contributed by atoms with Crippen LogP contribution in [0.1, 0.15) is 9.88 Å². The van der Waals surface area contributed by atoms with Gasteiger partial charge in [-0.15, -0.1) is 11.3 Å². The number of nitrogens with one attached hydrogen (secondary N) is 1. The molecule has 0 aliphatic rings. The summed E-state index contributed by atoms with van der Waals surface area (Å²) in [5, 5.41) is 1.04. The van der Waals surface area contributed by atoms with E-state index in [1.165, 1.54) is 6.07 Å². The Hall–Kier alpha value is -1.24. The van der Waals surface area contributed by atoms with Gasteiger partial charge in [-0.25, -0.2) is 9.37 Å². The van der Waals surface area contributed by atoms with E-state index < -0.39 is 5.82 Å². The van der Waals surface area contributed by atoms with Gasteiger partial charge in [0.1, 0.15) is 10.8 Å². The summed E-state index contributed by atoms with van der Waals surface area (Å²) in [6.07, 6.45) is 1.82. The van der Waals surface area contributed by atoms with Crippen molar-refractivity contribution in [3.8, 4) is 0 Å². The molecule has 0 unspecified atom stereocenters. The third-order valence-electron chi connectivity index (χ3n) is 2.78. The van der Waals surface area contributed by atoms with Crippen LogP contribution in [-0.2, 0) is 6.54 Å². The molecule has 2 heterocycles. The number of nitrogens with zero attached hydrogens (tertiary/aromatic N) is 2. The minimum atomic E-state index is -0.456. The molecule has 1 N–H and O–H groups in total. The van der Waals surface area contributed by atoms with Crippen LogP contribution in [0.5, 0.6) is 0 Å². The molecule has 0 bridgehead atoms. The number of hydrogen-bond acceptors (Lipinski definition) is 3. The maximum Gasteiger partial charge on any atom is 0.178 e. The molecule has 0 atom stereocenters. The summed E-state index contributed by atoms with van der Waals surface area (Å²) < 4.78 is 15.8. The van der Waals surface area contributed by atoms with E-state index in [2.05, 4.69) is 9.97 Å². The van der Waals surface area contributed by atoms with Crippen molar-refractivity contribution in [1.29, 1.82) is 0 Å². The lowest BCUT2D eigenvalue weighted by Gasteiger charge is -2.02. The number of thiazole rings is 1. The molecule has 0 saturated heterocycles. The number of halogens is 2. The minimum absolute atomic E-state index is 0.0885. The Morgan fingerprint density at radius 2 is 2.32 bits per heavy atom. The Morgan fingerprint density at radius 3 is 3.00 bits per heavy atom. The van der Waals surface area contributed by atoms with Gasteiger partial charge in [-0.2, -0.15) is 0 Å². The number of rotatable bonds is 2. The van der Waals surface area contributed by atoms with Gasteiger partial charge in [-0.1, -0.05) is 11.6 Å². The summed E-state index contributed by atoms with van der Waals surface area (Å²) in [5.74, 6) is -0.456. The molecule has 0 radical (unpaired) electrons. The van der Waals surface area contributed by atoms with Gasteiger partial charge in [0, 0.05) is 17.1 Å². The third-order valence-corrected chi connectivity index (χ3v) is 4.29. The minimum Gasteiger partial charge on any atom is -0.330 e. The van der Waals surface area contributed by atoms with E-state index in [0.29, 0.717) is 16.8 Å². The number of aromatic amines is 1. The molecule has 3 aromatic rings. The normalized spacial score (nSPS) is 11.3. The molecule has 0 aliphatic heterocycles. The highest BCUT2D eigenvalue weighted by Crippen LogP contribution is 2.24. The Bertz CT molecular complexity index is 818. The summed E-state index contributed by atoms with van der Waals surface area (Å²) in [4.78, 5) is 8.43. The van der Waals surface area contributed by atoms with Crippen molar-refractivity contribution in [1.82, 2.24) is 14.5 Å². The van der Waals surface area contributed by atoms with E-state index in [0.717, 1.165) is 15.4 Å². The van der Waals surface area contributed by atoms with E-state index in [1.807, 2.05) is 17.7 Å². The summed E-state index contributed by atoms with van der Waals surface area (Å²) in [7, 11) is 0. The second-order valence-electron chi connectivity index (χ2n) is 4.16. The number of imidazole rings is 1. The van der Waals surface area contributed by atoms with Gasteiger partial charge >= 0.3 is 0 Å². The lowest BCUT2D eigenvalue weighted by Crippen LogP contribution is -1.99. The quantitative estimate of drug-likeness (QED) is 0.715. The van der Waals surface area contributed by atoms with Gasteiger partial charge in [0.05, 0.1) is 22.6 Å². The summed E-state index contributed by atoms with van der Waals surface area (Å²) >= 11 is 12.7. The average Bonchev–Trinajstić information content (AvgIpc) is 2.87. The highest BCUT2D eigenvalue weighted by Gasteiger charge is 2.10. The standard InChI is InChI=1S/C12H9ClFN3S2/c1-6-4-15-11(19-6)5-17-10-2-7(13)8(14)3-9(10)16-12(17)18/h2-4H,5H2,1H3,(H,16,18). The van der Waals surface area contributed by atoms with Crippen LogP contribution < -0.4 is 0 Å². The maximum atomic E-state index is 13.4.